The maximum Gasteiger partial charge on any atom is 0.311 e. The number of hydrogen-bond donors (Lipinski definition) is 1. The Hall–Kier alpha value is -2.29. The summed E-state index contributed by atoms with van der Waals surface area (Å²) in [6.45, 7) is 4.42. The van der Waals surface area contributed by atoms with E-state index in [9.17, 15) is 9.90 Å². The van der Waals surface area contributed by atoms with E-state index in [0.717, 1.165) is 22.4 Å². The quantitative estimate of drug-likeness (QED) is 0.874. The zero-order valence-corrected chi connectivity index (χ0v) is 12.4. The molecule has 2 aromatic rings. The fraction of sp³-hybridized carbons (Fsp3) is 0.278. The molecule has 0 fully saturated rings. The molecule has 110 valence electrons. The van der Waals surface area contributed by atoms with Crippen molar-refractivity contribution in [1.82, 2.24) is 0 Å². The SMILES string of the molecule is Cc1cc(C)cc(OCCC(C(=O)O)c2ccccc2)c1. The Labute approximate surface area is 125 Å². The third-order valence-corrected chi connectivity index (χ3v) is 3.37. The number of aryl methyl sites for hydroxylation is 2. The number of hydrogen-bond acceptors (Lipinski definition) is 2. The molecule has 21 heavy (non-hydrogen) atoms. The number of benzene rings is 2. The first-order valence-electron chi connectivity index (χ1n) is 7.05. The van der Waals surface area contributed by atoms with E-state index in [0.29, 0.717) is 13.0 Å². The van der Waals surface area contributed by atoms with Gasteiger partial charge in [-0.3, -0.25) is 4.79 Å². The minimum absolute atomic E-state index is 0.384. The molecule has 0 aliphatic rings. The van der Waals surface area contributed by atoms with Crippen LogP contribution in [0.1, 0.15) is 29.0 Å². The summed E-state index contributed by atoms with van der Waals surface area (Å²) < 4.78 is 5.71. The number of carboxylic acid groups (broad SMARTS) is 1. The van der Waals surface area contributed by atoms with Crippen LogP contribution in [-0.2, 0) is 4.79 Å². The second-order valence-corrected chi connectivity index (χ2v) is 5.26. The van der Waals surface area contributed by atoms with Crippen molar-refractivity contribution in [1.29, 1.82) is 0 Å². The van der Waals surface area contributed by atoms with Gasteiger partial charge < -0.3 is 9.84 Å². The van der Waals surface area contributed by atoms with Crippen LogP contribution >= 0.6 is 0 Å². The van der Waals surface area contributed by atoms with E-state index in [1.54, 1.807) is 0 Å². The summed E-state index contributed by atoms with van der Waals surface area (Å²) in [7, 11) is 0. The first-order chi connectivity index (χ1) is 10.1. The van der Waals surface area contributed by atoms with Crippen molar-refractivity contribution in [2.24, 2.45) is 0 Å². The average molecular weight is 284 g/mol. The fourth-order valence-electron chi connectivity index (χ4n) is 2.43. The normalized spacial score (nSPS) is 11.9. The van der Waals surface area contributed by atoms with Crippen LogP contribution in [0.2, 0.25) is 0 Å². The number of carboxylic acids is 1. The lowest BCUT2D eigenvalue weighted by atomic mass is 9.96. The standard InChI is InChI=1S/C18H20O3/c1-13-10-14(2)12-16(11-13)21-9-8-17(18(19)20)15-6-4-3-5-7-15/h3-7,10-12,17H,8-9H2,1-2H3,(H,19,20). The molecule has 0 heterocycles. The summed E-state index contributed by atoms with van der Waals surface area (Å²) >= 11 is 0. The van der Waals surface area contributed by atoms with Crippen LogP contribution in [0, 0.1) is 13.8 Å². The van der Waals surface area contributed by atoms with Gasteiger partial charge in [-0.25, -0.2) is 0 Å². The summed E-state index contributed by atoms with van der Waals surface area (Å²) in [5, 5.41) is 9.36. The highest BCUT2D eigenvalue weighted by atomic mass is 16.5. The first kappa shape index (κ1) is 15.1. The molecule has 1 unspecified atom stereocenters. The molecule has 2 rings (SSSR count). The van der Waals surface area contributed by atoms with E-state index in [1.165, 1.54) is 0 Å². The lowest BCUT2D eigenvalue weighted by molar-refractivity contribution is -0.139. The Morgan fingerprint density at radius 3 is 2.29 bits per heavy atom. The van der Waals surface area contributed by atoms with Crippen LogP contribution in [-0.4, -0.2) is 17.7 Å². The predicted octanol–water partition coefficient (Wildman–Crippen LogP) is 3.94. The van der Waals surface area contributed by atoms with E-state index in [4.69, 9.17) is 4.74 Å². The molecule has 1 atom stereocenters. The molecule has 0 saturated carbocycles. The maximum absolute atomic E-state index is 11.4. The minimum atomic E-state index is -0.815. The van der Waals surface area contributed by atoms with Gasteiger partial charge in [-0.2, -0.15) is 0 Å². The summed E-state index contributed by atoms with van der Waals surface area (Å²) in [6, 6.07) is 15.3. The summed E-state index contributed by atoms with van der Waals surface area (Å²) in [4.78, 5) is 11.4. The minimum Gasteiger partial charge on any atom is -0.494 e. The van der Waals surface area contributed by atoms with Crippen molar-refractivity contribution < 1.29 is 14.6 Å². The summed E-state index contributed by atoms with van der Waals surface area (Å²) in [5.74, 6) is -0.549. The summed E-state index contributed by atoms with van der Waals surface area (Å²) in [6.07, 6.45) is 0.451. The Morgan fingerprint density at radius 2 is 1.71 bits per heavy atom. The molecule has 3 nitrogen and oxygen atoms in total. The summed E-state index contributed by atoms with van der Waals surface area (Å²) in [5.41, 5.74) is 3.10. The van der Waals surface area contributed by atoms with Crippen LogP contribution in [0.15, 0.2) is 48.5 Å². The van der Waals surface area contributed by atoms with E-state index >= 15 is 0 Å². The Bertz CT molecular complexity index is 585. The van der Waals surface area contributed by atoms with Gasteiger partial charge in [0.1, 0.15) is 5.75 Å². The van der Waals surface area contributed by atoms with Crippen LogP contribution in [0.25, 0.3) is 0 Å². The van der Waals surface area contributed by atoms with Gasteiger partial charge in [0.25, 0.3) is 0 Å². The molecule has 2 aromatic carbocycles. The second-order valence-electron chi connectivity index (χ2n) is 5.26. The molecule has 0 bridgehead atoms. The van der Waals surface area contributed by atoms with Crippen LogP contribution in [0.3, 0.4) is 0 Å². The molecule has 0 saturated heterocycles. The Morgan fingerprint density at radius 1 is 1.10 bits per heavy atom. The lowest BCUT2D eigenvalue weighted by Gasteiger charge is -2.14. The van der Waals surface area contributed by atoms with Crippen molar-refractivity contribution in [3.63, 3.8) is 0 Å². The number of rotatable bonds is 6. The first-order valence-corrected chi connectivity index (χ1v) is 7.05. The van der Waals surface area contributed by atoms with Gasteiger partial charge in [-0.15, -0.1) is 0 Å². The van der Waals surface area contributed by atoms with Crippen molar-refractivity contribution in [2.75, 3.05) is 6.61 Å². The number of ether oxygens (including phenoxy) is 1. The molecule has 1 N–H and O–H groups in total. The van der Waals surface area contributed by atoms with Gasteiger partial charge in [0, 0.05) is 0 Å². The van der Waals surface area contributed by atoms with Gasteiger partial charge in [0.05, 0.1) is 12.5 Å². The van der Waals surface area contributed by atoms with E-state index in [-0.39, 0.29) is 0 Å². The third kappa shape index (κ3) is 4.35. The van der Waals surface area contributed by atoms with Crippen molar-refractivity contribution in [3.05, 3.63) is 65.2 Å². The highest BCUT2D eigenvalue weighted by molar-refractivity contribution is 5.76. The smallest absolute Gasteiger partial charge is 0.311 e. The van der Waals surface area contributed by atoms with Crippen LogP contribution in [0.4, 0.5) is 0 Å². The van der Waals surface area contributed by atoms with Crippen LogP contribution in [0.5, 0.6) is 5.75 Å². The number of carbonyl (C=O) groups is 1. The molecule has 0 aliphatic carbocycles. The van der Waals surface area contributed by atoms with Gasteiger partial charge in [-0.05, 0) is 49.1 Å². The molecule has 0 aliphatic heterocycles. The molecular weight excluding hydrogens is 264 g/mol. The molecule has 0 spiro atoms. The highest BCUT2D eigenvalue weighted by Gasteiger charge is 2.19. The largest absolute Gasteiger partial charge is 0.494 e. The Kier molecular flexibility index (Phi) is 4.99. The van der Waals surface area contributed by atoms with Crippen molar-refractivity contribution in [2.45, 2.75) is 26.2 Å². The monoisotopic (exact) mass is 284 g/mol. The fourth-order valence-corrected chi connectivity index (χ4v) is 2.43. The molecule has 0 aromatic heterocycles. The molecule has 0 amide bonds. The van der Waals surface area contributed by atoms with E-state index in [1.807, 2.05) is 56.3 Å². The Balaban J connectivity index is 1.98. The zero-order chi connectivity index (χ0) is 15.2. The van der Waals surface area contributed by atoms with Crippen molar-refractivity contribution >= 4 is 5.97 Å². The third-order valence-electron chi connectivity index (χ3n) is 3.37. The molecule has 3 heteroatoms. The second kappa shape index (κ2) is 6.93. The van der Waals surface area contributed by atoms with Crippen molar-refractivity contribution in [3.8, 4) is 5.75 Å². The average Bonchev–Trinajstić information content (AvgIpc) is 2.43. The van der Waals surface area contributed by atoms with Crippen LogP contribution < -0.4 is 4.74 Å². The van der Waals surface area contributed by atoms with Gasteiger partial charge in [0.15, 0.2) is 0 Å². The molecular formula is C18H20O3. The van der Waals surface area contributed by atoms with Gasteiger partial charge >= 0.3 is 5.97 Å². The predicted molar refractivity (Wildman–Crippen MR) is 82.8 cm³/mol. The lowest BCUT2D eigenvalue weighted by Crippen LogP contribution is -2.15. The highest BCUT2D eigenvalue weighted by Crippen LogP contribution is 2.21. The van der Waals surface area contributed by atoms with Gasteiger partial charge in [-0.1, -0.05) is 36.4 Å². The zero-order valence-electron chi connectivity index (χ0n) is 12.4. The topological polar surface area (TPSA) is 46.5 Å². The van der Waals surface area contributed by atoms with E-state index in [2.05, 4.69) is 6.07 Å². The van der Waals surface area contributed by atoms with E-state index < -0.39 is 11.9 Å². The molecule has 0 radical (unpaired) electrons. The van der Waals surface area contributed by atoms with Gasteiger partial charge in [0.2, 0.25) is 0 Å². The maximum atomic E-state index is 11.4. The number of aliphatic carboxylic acids is 1.